The molecule has 2 N–H and O–H groups in total. The smallest absolute Gasteiger partial charge is 0.268 e. The first-order valence-corrected chi connectivity index (χ1v) is 30.1. The van der Waals surface area contributed by atoms with Gasteiger partial charge in [0.2, 0.25) is 5.91 Å². The summed E-state index contributed by atoms with van der Waals surface area (Å²) in [4.78, 5) is 25.4. The maximum atomic E-state index is 12.9. The Bertz CT molecular complexity index is 1130. The summed E-state index contributed by atoms with van der Waals surface area (Å²) < 4.78 is 23.4. The molecule has 0 radical (unpaired) electrons. The fraction of sp³-hybridized carbons (Fsp3) is 0.912. The minimum absolute atomic E-state index is 0.0101. The van der Waals surface area contributed by atoms with Gasteiger partial charge in [-0.15, -0.1) is 0 Å². The first-order valence-electron chi connectivity index (χ1n) is 28.7. The molecular weight excluding hydrogens is 840 g/mol. The summed E-state index contributed by atoms with van der Waals surface area (Å²) in [5, 5.41) is 14.0. The third kappa shape index (κ3) is 50.8. The van der Waals surface area contributed by atoms with Gasteiger partial charge in [0, 0.05) is 6.42 Å². The van der Waals surface area contributed by atoms with Gasteiger partial charge in [0.15, 0.2) is 0 Å². The van der Waals surface area contributed by atoms with Gasteiger partial charge in [-0.25, -0.2) is 0 Å². The quantitative estimate of drug-likeness (QED) is 0.0272. The molecule has 0 spiro atoms. The van der Waals surface area contributed by atoms with Crippen LogP contribution in [0.5, 0.6) is 0 Å². The molecule has 0 aromatic rings. The van der Waals surface area contributed by atoms with E-state index in [1.807, 2.05) is 21.1 Å². The molecule has 0 saturated carbocycles. The van der Waals surface area contributed by atoms with E-state index in [2.05, 4.69) is 43.5 Å². The van der Waals surface area contributed by atoms with Gasteiger partial charge in [0.05, 0.1) is 39.9 Å². The summed E-state index contributed by atoms with van der Waals surface area (Å²) >= 11 is 0. The average molecular weight is 954 g/mol. The van der Waals surface area contributed by atoms with Crippen LogP contribution >= 0.6 is 7.82 Å². The number of aliphatic hydroxyl groups is 1. The van der Waals surface area contributed by atoms with Crippen molar-refractivity contribution in [1.29, 1.82) is 0 Å². The van der Waals surface area contributed by atoms with Crippen LogP contribution in [-0.2, 0) is 18.4 Å². The summed E-state index contributed by atoms with van der Waals surface area (Å²) in [5.41, 5.74) is 0. The molecule has 0 saturated heterocycles. The van der Waals surface area contributed by atoms with E-state index in [0.717, 1.165) is 70.6 Å². The zero-order chi connectivity index (χ0) is 48.5. The van der Waals surface area contributed by atoms with Gasteiger partial charge >= 0.3 is 0 Å². The number of carbonyl (C=O) groups is 1. The fourth-order valence-corrected chi connectivity index (χ4v) is 9.39. The highest BCUT2D eigenvalue weighted by Gasteiger charge is 2.24. The molecule has 0 heterocycles. The van der Waals surface area contributed by atoms with E-state index in [1.165, 1.54) is 186 Å². The van der Waals surface area contributed by atoms with Crippen LogP contribution in [0.25, 0.3) is 0 Å². The summed E-state index contributed by atoms with van der Waals surface area (Å²) in [5.74, 6) is -0.177. The number of unbranched alkanes of at least 4 members (excludes halogenated alkanes) is 36. The van der Waals surface area contributed by atoms with Crippen molar-refractivity contribution < 1.29 is 32.9 Å². The van der Waals surface area contributed by atoms with Crippen LogP contribution in [0.3, 0.4) is 0 Å². The Balaban J connectivity index is 4.00. The van der Waals surface area contributed by atoms with Gasteiger partial charge in [-0.2, -0.15) is 0 Å². The number of phosphoric acid groups is 1. The zero-order valence-electron chi connectivity index (χ0n) is 44.7. The molecule has 66 heavy (non-hydrogen) atoms. The number of aliphatic hydroxyl groups excluding tert-OH is 1. The van der Waals surface area contributed by atoms with E-state index >= 15 is 0 Å². The Labute approximate surface area is 411 Å². The number of allylic oxidation sites excluding steroid dienone is 4. The van der Waals surface area contributed by atoms with Crippen molar-refractivity contribution in [2.45, 2.75) is 296 Å². The van der Waals surface area contributed by atoms with E-state index in [1.54, 1.807) is 0 Å². The lowest BCUT2D eigenvalue weighted by molar-refractivity contribution is -0.870. The number of amides is 1. The average Bonchev–Trinajstić information content (AvgIpc) is 3.28. The molecule has 392 valence electrons. The van der Waals surface area contributed by atoms with E-state index < -0.39 is 20.0 Å². The lowest BCUT2D eigenvalue weighted by Gasteiger charge is -2.30. The number of carbonyl (C=O) groups excluding carboxylic acids is 1. The van der Waals surface area contributed by atoms with Crippen molar-refractivity contribution in [2.24, 2.45) is 0 Å². The Morgan fingerprint density at radius 1 is 0.530 bits per heavy atom. The lowest BCUT2D eigenvalue weighted by Crippen LogP contribution is -2.46. The second kappa shape index (κ2) is 49.0. The van der Waals surface area contributed by atoms with Crippen LogP contribution in [0.15, 0.2) is 24.3 Å². The van der Waals surface area contributed by atoms with E-state index in [-0.39, 0.29) is 19.1 Å². The minimum atomic E-state index is -4.57. The summed E-state index contributed by atoms with van der Waals surface area (Å²) in [6.45, 7) is 4.67. The van der Waals surface area contributed by atoms with Gasteiger partial charge in [-0.05, 0) is 38.5 Å². The van der Waals surface area contributed by atoms with E-state index in [4.69, 9.17) is 9.05 Å². The SMILES string of the molecule is CCC/C=C\C/C=C\CCCCCCCC(=O)NC(COP(=O)([O-])OCC[N+](C)(C)C)C(O)CCCCCCCCCCCCCCCCCCCCCCCCCCCCCCCCC. The molecule has 0 bridgehead atoms. The zero-order valence-corrected chi connectivity index (χ0v) is 45.6. The Morgan fingerprint density at radius 3 is 1.32 bits per heavy atom. The first kappa shape index (κ1) is 65.0. The largest absolute Gasteiger partial charge is 0.756 e. The third-order valence-electron chi connectivity index (χ3n) is 13.2. The molecule has 1 amide bonds. The fourth-order valence-electron chi connectivity index (χ4n) is 8.67. The number of quaternary nitrogens is 1. The monoisotopic (exact) mass is 953 g/mol. The number of nitrogens with one attached hydrogen (secondary N) is 1. The van der Waals surface area contributed by atoms with Crippen LogP contribution in [-0.4, -0.2) is 68.5 Å². The Kier molecular flexibility index (Phi) is 48.2. The molecule has 0 aromatic heterocycles. The molecular formula is C57H113N2O6P. The molecule has 3 unspecified atom stereocenters. The second-order valence-electron chi connectivity index (χ2n) is 21.0. The van der Waals surface area contributed by atoms with Crippen LogP contribution < -0.4 is 10.2 Å². The maximum Gasteiger partial charge on any atom is 0.268 e. The second-order valence-corrected chi connectivity index (χ2v) is 22.4. The van der Waals surface area contributed by atoms with Crippen molar-refractivity contribution >= 4 is 13.7 Å². The predicted octanol–water partition coefficient (Wildman–Crippen LogP) is 16.6. The van der Waals surface area contributed by atoms with Crippen LogP contribution in [0.2, 0.25) is 0 Å². The van der Waals surface area contributed by atoms with Crippen LogP contribution in [0.4, 0.5) is 0 Å². The molecule has 0 aliphatic rings. The number of nitrogens with zero attached hydrogens (tertiary/aromatic N) is 1. The van der Waals surface area contributed by atoms with E-state index in [9.17, 15) is 19.4 Å². The van der Waals surface area contributed by atoms with Crippen LogP contribution in [0, 0.1) is 0 Å². The molecule has 0 aliphatic carbocycles. The van der Waals surface area contributed by atoms with E-state index in [0.29, 0.717) is 23.9 Å². The minimum Gasteiger partial charge on any atom is -0.756 e. The van der Waals surface area contributed by atoms with Gasteiger partial charge in [0.1, 0.15) is 13.2 Å². The molecule has 0 fully saturated rings. The number of hydrogen-bond acceptors (Lipinski definition) is 6. The number of rotatable bonds is 53. The molecule has 0 aromatic carbocycles. The van der Waals surface area contributed by atoms with Crippen molar-refractivity contribution in [2.75, 3.05) is 40.9 Å². The Hall–Kier alpha value is -1.02. The topological polar surface area (TPSA) is 108 Å². The molecule has 0 aliphatic heterocycles. The highest BCUT2D eigenvalue weighted by molar-refractivity contribution is 7.45. The first-order chi connectivity index (χ1) is 32.0. The van der Waals surface area contributed by atoms with Crippen molar-refractivity contribution in [3.8, 4) is 0 Å². The van der Waals surface area contributed by atoms with Gasteiger partial charge in [-0.3, -0.25) is 9.36 Å². The van der Waals surface area contributed by atoms with Gasteiger partial charge in [0.25, 0.3) is 7.82 Å². The third-order valence-corrected chi connectivity index (χ3v) is 14.1. The van der Waals surface area contributed by atoms with Crippen molar-refractivity contribution in [3.63, 3.8) is 0 Å². The number of hydrogen-bond donors (Lipinski definition) is 2. The predicted molar refractivity (Wildman–Crippen MR) is 284 cm³/mol. The standard InChI is InChI=1S/C57H113N2O6P/c1-6-8-10-12-14-16-18-20-21-22-23-24-25-26-27-28-29-30-31-32-33-34-35-36-37-39-40-42-44-46-48-50-56(60)55(54-65-66(62,63)64-53-52-59(3,4)5)58-57(61)51-49-47-45-43-41-38-19-17-15-13-11-9-7-2/h11,13,17,19,55-56,60H,6-10,12,14-16,18,20-54H2,1-5H3,(H-,58,61,62,63)/b13-11-,19-17-. The maximum absolute atomic E-state index is 12.9. The molecule has 0 rings (SSSR count). The highest BCUT2D eigenvalue weighted by Crippen LogP contribution is 2.38. The summed E-state index contributed by atoms with van der Waals surface area (Å²) in [6, 6.07) is -0.807. The molecule has 9 heteroatoms. The highest BCUT2D eigenvalue weighted by atomic mass is 31.2. The molecule has 3 atom stereocenters. The number of phosphoric ester groups is 1. The normalized spacial score (nSPS) is 14.1. The van der Waals surface area contributed by atoms with Crippen molar-refractivity contribution in [1.82, 2.24) is 5.32 Å². The molecule has 8 nitrogen and oxygen atoms in total. The van der Waals surface area contributed by atoms with Gasteiger partial charge in [-0.1, -0.05) is 263 Å². The lowest BCUT2D eigenvalue weighted by atomic mass is 10.0. The van der Waals surface area contributed by atoms with Crippen LogP contribution in [0.1, 0.15) is 284 Å². The summed E-state index contributed by atoms with van der Waals surface area (Å²) in [7, 11) is 1.30. The van der Waals surface area contributed by atoms with Gasteiger partial charge < -0.3 is 28.8 Å². The number of likely N-dealkylation sites (N-methyl/N-ethyl adjacent to an activating group) is 1. The Morgan fingerprint density at radius 2 is 0.909 bits per heavy atom. The van der Waals surface area contributed by atoms with Crippen molar-refractivity contribution in [3.05, 3.63) is 24.3 Å². The summed E-state index contributed by atoms with van der Waals surface area (Å²) in [6.07, 6.45) is 60.9.